The van der Waals surface area contributed by atoms with E-state index in [4.69, 9.17) is 11.6 Å². The summed E-state index contributed by atoms with van der Waals surface area (Å²) in [5.41, 5.74) is 0. The summed E-state index contributed by atoms with van der Waals surface area (Å²) in [5, 5.41) is 6.52. The molecular weight excluding hydrogens is 523 g/mol. The van der Waals surface area contributed by atoms with E-state index in [-0.39, 0.29) is 59.5 Å². The van der Waals surface area contributed by atoms with Crippen molar-refractivity contribution in [1.29, 1.82) is 0 Å². The quantitative estimate of drug-likeness (QED) is 0.137. The number of nitrogens with one attached hydrogen (secondary N) is 2. The van der Waals surface area contributed by atoms with E-state index in [0.717, 1.165) is 29.7 Å². The average Bonchev–Trinajstić information content (AvgIpc) is 3.44. The number of carbonyl (C=O) groups is 2. The Morgan fingerprint density at radius 3 is 2.41 bits per heavy atom. The number of allylic oxidation sites excluding steroid dienone is 2. The van der Waals surface area contributed by atoms with Gasteiger partial charge in [-0.05, 0) is 43.2 Å². The lowest BCUT2D eigenvalue weighted by atomic mass is 9.85. The highest BCUT2D eigenvalue weighted by Gasteiger charge is 2.58. The lowest BCUT2D eigenvalue weighted by Gasteiger charge is -2.18. The molecule has 9 heteroatoms. The zero-order valence-corrected chi connectivity index (χ0v) is 20.2. The molecule has 0 aromatic carbocycles. The van der Waals surface area contributed by atoms with Gasteiger partial charge in [-0.2, -0.15) is 0 Å². The van der Waals surface area contributed by atoms with Gasteiger partial charge in [0.1, 0.15) is 0 Å². The van der Waals surface area contributed by atoms with Gasteiger partial charge in [0.05, 0.1) is 16.2 Å². The maximum Gasteiger partial charge on any atom is 0.233 e. The third-order valence-electron chi connectivity index (χ3n) is 5.93. The van der Waals surface area contributed by atoms with Gasteiger partial charge in [-0.1, -0.05) is 23.8 Å². The lowest BCUT2D eigenvalue weighted by molar-refractivity contribution is -0.140. The summed E-state index contributed by atoms with van der Waals surface area (Å²) in [6.45, 7) is 1.89. The molecule has 2 N–H and O–H groups in total. The maximum atomic E-state index is 12.7. The monoisotopic (exact) mass is 548 g/mol. The van der Waals surface area contributed by atoms with Gasteiger partial charge >= 0.3 is 0 Å². The summed E-state index contributed by atoms with van der Waals surface area (Å²) in [6, 6.07) is 3.94. The smallest absolute Gasteiger partial charge is 0.233 e. The molecule has 158 valence electrons. The fraction of sp³-hybridized carbons (Fsp3) is 0.550. The first-order chi connectivity index (χ1) is 13.6. The third-order valence-corrected chi connectivity index (χ3v) is 7.22. The number of rotatable bonds is 7. The number of guanidine groups is 1. The van der Waals surface area contributed by atoms with Crippen LogP contribution in [0.3, 0.4) is 0 Å². The predicted octanol–water partition coefficient (Wildman–Crippen LogP) is 2.92. The normalized spacial score (nSPS) is 27.4. The summed E-state index contributed by atoms with van der Waals surface area (Å²) >= 11 is 7.53. The van der Waals surface area contributed by atoms with Crippen molar-refractivity contribution >= 4 is 64.7 Å². The minimum absolute atomic E-state index is 0. The van der Waals surface area contributed by atoms with Crippen LogP contribution in [0.5, 0.6) is 0 Å². The molecule has 4 atom stereocenters. The molecule has 2 bridgehead atoms. The highest BCUT2D eigenvalue weighted by molar-refractivity contribution is 14.0. The van der Waals surface area contributed by atoms with Gasteiger partial charge in [0.25, 0.3) is 0 Å². The fourth-order valence-corrected chi connectivity index (χ4v) is 5.73. The number of thiophene rings is 1. The van der Waals surface area contributed by atoms with E-state index in [1.165, 1.54) is 9.78 Å². The number of halogens is 2. The highest BCUT2D eigenvalue weighted by Crippen LogP contribution is 2.52. The zero-order chi connectivity index (χ0) is 19.7. The topological polar surface area (TPSA) is 73.8 Å². The molecular formula is C20H26ClIN4O2S. The second-order valence-electron chi connectivity index (χ2n) is 7.56. The number of carbonyl (C=O) groups excluding carboxylic acids is 2. The molecule has 0 spiro atoms. The molecule has 1 saturated heterocycles. The van der Waals surface area contributed by atoms with Gasteiger partial charge < -0.3 is 10.6 Å². The van der Waals surface area contributed by atoms with Crippen LogP contribution in [0, 0.1) is 23.7 Å². The molecule has 2 fully saturated rings. The summed E-state index contributed by atoms with van der Waals surface area (Å²) in [4.78, 5) is 32.2. The van der Waals surface area contributed by atoms with Crippen LogP contribution >= 0.6 is 46.9 Å². The minimum atomic E-state index is -0.101. The van der Waals surface area contributed by atoms with Crippen molar-refractivity contribution in [2.75, 3.05) is 26.7 Å². The molecule has 2 aliphatic carbocycles. The molecule has 2 heterocycles. The molecule has 2 amide bonds. The molecule has 4 unspecified atom stereocenters. The minimum Gasteiger partial charge on any atom is -0.356 e. The first kappa shape index (κ1) is 22.6. The van der Waals surface area contributed by atoms with Gasteiger partial charge in [0.15, 0.2) is 5.96 Å². The molecule has 4 rings (SSSR count). The van der Waals surface area contributed by atoms with Gasteiger partial charge in [0, 0.05) is 31.6 Å². The predicted molar refractivity (Wildman–Crippen MR) is 127 cm³/mol. The molecule has 3 aliphatic rings. The van der Waals surface area contributed by atoms with Gasteiger partial charge in [-0.25, -0.2) is 0 Å². The van der Waals surface area contributed by atoms with E-state index >= 15 is 0 Å². The molecule has 0 radical (unpaired) electrons. The van der Waals surface area contributed by atoms with E-state index < -0.39 is 0 Å². The summed E-state index contributed by atoms with van der Waals surface area (Å²) < 4.78 is 0.802. The highest BCUT2D eigenvalue weighted by atomic mass is 127. The summed E-state index contributed by atoms with van der Waals surface area (Å²) in [6.07, 6.45) is 6.82. The third kappa shape index (κ3) is 4.64. The summed E-state index contributed by atoms with van der Waals surface area (Å²) in [5.74, 6) is 1.13. The van der Waals surface area contributed by atoms with Crippen LogP contribution in [-0.2, 0) is 16.0 Å². The number of amides is 2. The number of likely N-dealkylation sites (tertiary alicyclic amines) is 1. The Balaban J connectivity index is 0.00000240. The van der Waals surface area contributed by atoms with Crippen molar-refractivity contribution in [3.63, 3.8) is 0 Å². The number of fused-ring (bicyclic) bond motifs is 5. The number of imide groups is 1. The van der Waals surface area contributed by atoms with Crippen LogP contribution in [0.1, 0.15) is 17.7 Å². The Morgan fingerprint density at radius 2 is 1.83 bits per heavy atom. The first-order valence-electron chi connectivity index (χ1n) is 9.80. The Morgan fingerprint density at radius 1 is 1.17 bits per heavy atom. The van der Waals surface area contributed by atoms with Crippen molar-refractivity contribution in [1.82, 2.24) is 15.5 Å². The second kappa shape index (κ2) is 9.78. The van der Waals surface area contributed by atoms with Crippen molar-refractivity contribution in [3.05, 3.63) is 33.5 Å². The van der Waals surface area contributed by atoms with Crippen molar-refractivity contribution in [3.8, 4) is 0 Å². The van der Waals surface area contributed by atoms with Crippen LogP contribution in [0.2, 0.25) is 4.34 Å². The molecule has 1 saturated carbocycles. The largest absolute Gasteiger partial charge is 0.356 e. The molecule has 1 aromatic heterocycles. The van der Waals surface area contributed by atoms with Crippen molar-refractivity contribution in [2.45, 2.75) is 19.3 Å². The Kier molecular flexibility index (Phi) is 7.61. The van der Waals surface area contributed by atoms with Crippen LogP contribution in [0.4, 0.5) is 0 Å². The molecule has 1 aliphatic heterocycles. The summed E-state index contributed by atoms with van der Waals surface area (Å²) in [7, 11) is 1.73. The number of hydrogen-bond donors (Lipinski definition) is 2. The molecule has 6 nitrogen and oxygen atoms in total. The Hall–Kier alpha value is -1.13. The Labute approximate surface area is 197 Å². The van der Waals surface area contributed by atoms with Crippen LogP contribution in [-0.4, -0.2) is 49.4 Å². The van der Waals surface area contributed by atoms with Crippen molar-refractivity contribution in [2.24, 2.45) is 28.7 Å². The van der Waals surface area contributed by atoms with E-state index in [2.05, 4.69) is 27.8 Å². The van der Waals surface area contributed by atoms with E-state index in [1.54, 1.807) is 18.4 Å². The van der Waals surface area contributed by atoms with Gasteiger partial charge in [-0.3, -0.25) is 19.5 Å². The standard InChI is InChI=1S/C20H25ClN4O2S.HI/c1-22-20(24-9-7-14-5-6-15(21)28-14)23-8-2-10-25-18(26)16-12-3-4-13(11-12)17(16)19(25)27;/h3-6,12-13,16-17H,2,7-11H2,1H3,(H2,22,23,24);1H. The fourth-order valence-electron chi connectivity index (χ4n) is 4.64. The first-order valence-corrected chi connectivity index (χ1v) is 11.0. The van der Waals surface area contributed by atoms with E-state index in [0.29, 0.717) is 19.5 Å². The van der Waals surface area contributed by atoms with Crippen LogP contribution in [0.25, 0.3) is 0 Å². The number of aliphatic imine (C=N–C) groups is 1. The maximum absolute atomic E-state index is 12.7. The van der Waals surface area contributed by atoms with E-state index in [9.17, 15) is 9.59 Å². The molecule has 29 heavy (non-hydrogen) atoms. The van der Waals surface area contributed by atoms with E-state index in [1.807, 2.05) is 12.1 Å². The zero-order valence-electron chi connectivity index (χ0n) is 16.3. The van der Waals surface area contributed by atoms with Gasteiger partial charge in [-0.15, -0.1) is 35.3 Å². The number of hydrogen-bond acceptors (Lipinski definition) is 4. The molecule has 1 aromatic rings. The van der Waals surface area contributed by atoms with Crippen molar-refractivity contribution < 1.29 is 9.59 Å². The van der Waals surface area contributed by atoms with Crippen LogP contribution in [0.15, 0.2) is 29.3 Å². The van der Waals surface area contributed by atoms with Crippen LogP contribution < -0.4 is 10.6 Å². The number of nitrogens with zero attached hydrogens (tertiary/aromatic N) is 2. The Bertz CT molecular complexity index is 797. The average molecular weight is 549 g/mol. The lowest BCUT2D eigenvalue weighted by Crippen LogP contribution is -2.40. The van der Waals surface area contributed by atoms with Gasteiger partial charge in [0.2, 0.25) is 11.8 Å². The SMILES string of the molecule is CN=C(NCCCN1C(=O)C2C3C=CC(C3)C2C1=O)NCCc1ccc(Cl)s1.I. The second-order valence-corrected chi connectivity index (χ2v) is 9.36.